The minimum absolute atomic E-state index is 0.0332. The van der Waals surface area contributed by atoms with Gasteiger partial charge in [-0.1, -0.05) is 62.2 Å². The molecule has 19 heavy (non-hydrogen) atoms. The van der Waals surface area contributed by atoms with E-state index in [0.717, 1.165) is 10.0 Å². The number of benzene rings is 2. The molecule has 0 N–H and O–H groups in total. The van der Waals surface area contributed by atoms with E-state index in [9.17, 15) is 4.79 Å². The predicted octanol–water partition coefficient (Wildman–Crippen LogP) is 4.61. The summed E-state index contributed by atoms with van der Waals surface area (Å²) < 4.78 is 6.55. The zero-order valence-corrected chi connectivity index (χ0v) is 13.3. The molecule has 2 aromatic carbocycles. The molecule has 0 saturated heterocycles. The summed E-state index contributed by atoms with van der Waals surface area (Å²) in [5.74, 6) is 0.716. The second kappa shape index (κ2) is 6.87. The van der Waals surface area contributed by atoms with Crippen molar-refractivity contribution in [2.45, 2.75) is 6.61 Å². The normalized spacial score (nSPS) is 10.2. The van der Waals surface area contributed by atoms with Gasteiger partial charge < -0.3 is 4.74 Å². The first-order chi connectivity index (χ1) is 9.19. The van der Waals surface area contributed by atoms with Crippen molar-refractivity contribution in [2.75, 3.05) is 5.33 Å². The van der Waals surface area contributed by atoms with Crippen LogP contribution in [0.3, 0.4) is 0 Å². The molecule has 0 unspecified atom stereocenters. The quantitative estimate of drug-likeness (QED) is 0.556. The molecule has 0 radical (unpaired) electrons. The Bertz CT molecular complexity index is 568. The van der Waals surface area contributed by atoms with Gasteiger partial charge in [-0.25, -0.2) is 0 Å². The van der Waals surface area contributed by atoms with Crippen LogP contribution in [0.4, 0.5) is 0 Å². The molecule has 0 bridgehead atoms. The van der Waals surface area contributed by atoms with Gasteiger partial charge in [-0.15, -0.1) is 0 Å². The summed E-state index contributed by atoms with van der Waals surface area (Å²) in [5, 5.41) is 0.307. The summed E-state index contributed by atoms with van der Waals surface area (Å²) in [7, 11) is 0. The van der Waals surface area contributed by atoms with Crippen LogP contribution in [0.5, 0.6) is 5.75 Å². The number of hydrogen-bond acceptors (Lipinski definition) is 2. The van der Waals surface area contributed by atoms with Crippen LogP contribution in [0.25, 0.3) is 0 Å². The summed E-state index contributed by atoms with van der Waals surface area (Å²) in [6.07, 6.45) is 0. The highest BCUT2D eigenvalue weighted by Gasteiger charge is 2.07. The molecule has 0 saturated carbocycles. The molecule has 0 spiro atoms. The van der Waals surface area contributed by atoms with Gasteiger partial charge in [-0.05, 0) is 23.8 Å². The third kappa shape index (κ3) is 4.18. The second-order valence-electron chi connectivity index (χ2n) is 4.01. The Morgan fingerprint density at radius 1 is 1.11 bits per heavy atom. The van der Waals surface area contributed by atoms with Gasteiger partial charge in [0.15, 0.2) is 5.78 Å². The standard InChI is InChI=1S/C15H12Br2O2/c16-9-15(18)12-6-13(17)8-14(7-12)19-10-11-4-2-1-3-5-11/h1-8H,9-10H2. The maximum atomic E-state index is 11.7. The van der Waals surface area contributed by atoms with E-state index in [1.54, 1.807) is 12.1 Å². The zero-order valence-electron chi connectivity index (χ0n) is 10.1. The molecule has 0 aliphatic heterocycles. The van der Waals surface area contributed by atoms with Crippen molar-refractivity contribution in [1.82, 2.24) is 0 Å². The third-order valence-corrected chi connectivity index (χ3v) is 3.53. The number of ketones is 1. The van der Waals surface area contributed by atoms with Crippen LogP contribution in [-0.2, 0) is 6.61 Å². The molecule has 0 aromatic heterocycles. The number of ether oxygens (including phenoxy) is 1. The molecular formula is C15H12Br2O2. The van der Waals surface area contributed by atoms with Gasteiger partial charge in [0.1, 0.15) is 12.4 Å². The highest BCUT2D eigenvalue weighted by Crippen LogP contribution is 2.23. The minimum atomic E-state index is 0.0332. The topological polar surface area (TPSA) is 26.3 Å². The predicted molar refractivity (Wildman–Crippen MR) is 83.0 cm³/mol. The number of hydrogen-bond donors (Lipinski definition) is 0. The lowest BCUT2D eigenvalue weighted by Crippen LogP contribution is -2.01. The Hall–Kier alpha value is -1.13. The van der Waals surface area contributed by atoms with E-state index < -0.39 is 0 Å². The van der Waals surface area contributed by atoms with Gasteiger partial charge in [0, 0.05) is 10.0 Å². The van der Waals surface area contributed by atoms with Crippen LogP contribution in [-0.4, -0.2) is 11.1 Å². The van der Waals surface area contributed by atoms with Crippen LogP contribution in [0, 0.1) is 0 Å². The Morgan fingerprint density at radius 2 is 1.84 bits per heavy atom. The lowest BCUT2D eigenvalue weighted by atomic mass is 10.1. The molecule has 2 nitrogen and oxygen atoms in total. The van der Waals surface area contributed by atoms with Crippen molar-refractivity contribution < 1.29 is 9.53 Å². The summed E-state index contributed by atoms with van der Waals surface area (Å²) >= 11 is 6.56. The lowest BCUT2D eigenvalue weighted by molar-refractivity contribution is 0.102. The molecule has 0 fully saturated rings. The molecule has 0 heterocycles. The van der Waals surface area contributed by atoms with Crippen molar-refractivity contribution >= 4 is 37.6 Å². The van der Waals surface area contributed by atoms with Crippen LogP contribution < -0.4 is 4.74 Å². The first-order valence-electron chi connectivity index (χ1n) is 5.75. The van der Waals surface area contributed by atoms with E-state index in [1.165, 1.54) is 0 Å². The van der Waals surface area contributed by atoms with Crippen molar-refractivity contribution in [3.05, 3.63) is 64.1 Å². The monoisotopic (exact) mass is 382 g/mol. The average Bonchev–Trinajstić information content (AvgIpc) is 2.45. The Balaban J connectivity index is 2.12. The Kier molecular flexibility index (Phi) is 5.16. The van der Waals surface area contributed by atoms with Gasteiger partial charge in [-0.3, -0.25) is 4.79 Å². The van der Waals surface area contributed by atoms with Gasteiger partial charge in [0.05, 0.1) is 5.33 Å². The Morgan fingerprint density at radius 3 is 2.53 bits per heavy atom. The number of carbonyl (C=O) groups excluding carboxylic acids is 1. The molecule has 0 aliphatic rings. The number of halogens is 2. The van der Waals surface area contributed by atoms with E-state index in [-0.39, 0.29) is 5.78 Å². The van der Waals surface area contributed by atoms with E-state index >= 15 is 0 Å². The van der Waals surface area contributed by atoms with Crippen LogP contribution in [0.2, 0.25) is 0 Å². The summed E-state index contributed by atoms with van der Waals surface area (Å²) in [6, 6.07) is 15.3. The number of alkyl halides is 1. The molecule has 2 rings (SSSR count). The maximum Gasteiger partial charge on any atom is 0.173 e. The van der Waals surface area contributed by atoms with E-state index in [0.29, 0.717) is 23.2 Å². The maximum absolute atomic E-state index is 11.7. The first-order valence-corrected chi connectivity index (χ1v) is 7.67. The fraction of sp³-hybridized carbons (Fsp3) is 0.133. The number of rotatable bonds is 5. The highest BCUT2D eigenvalue weighted by atomic mass is 79.9. The first kappa shape index (κ1) is 14.3. The van der Waals surface area contributed by atoms with E-state index in [2.05, 4.69) is 31.9 Å². The third-order valence-electron chi connectivity index (χ3n) is 2.56. The second-order valence-corrected chi connectivity index (χ2v) is 5.48. The summed E-state index contributed by atoms with van der Waals surface area (Å²) in [6.45, 7) is 0.485. The van der Waals surface area contributed by atoms with E-state index in [4.69, 9.17) is 4.74 Å². The molecule has 98 valence electrons. The Labute approximate surface area is 129 Å². The SMILES string of the molecule is O=C(CBr)c1cc(Br)cc(OCc2ccccc2)c1. The molecule has 0 amide bonds. The van der Waals surface area contributed by atoms with Gasteiger partial charge in [0.25, 0.3) is 0 Å². The number of carbonyl (C=O) groups is 1. The van der Waals surface area contributed by atoms with Gasteiger partial charge >= 0.3 is 0 Å². The fourth-order valence-corrected chi connectivity index (χ4v) is 2.42. The molecular weight excluding hydrogens is 372 g/mol. The van der Waals surface area contributed by atoms with Gasteiger partial charge in [-0.2, -0.15) is 0 Å². The van der Waals surface area contributed by atoms with Crippen LogP contribution in [0.15, 0.2) is 53.0 Å². The van der Waals surface area contributed by atoms with Crippen molar-refractivity contribution in [3.63, 3.8) is 0 Å². The highest BCUT2D eigenvalue weighted by molar-refractivity contribution is 9.10. The summed E-state index contributed by atoms with van der Waals surface area (Å²) in [4.78, 5) is 11.7. The zero-order chi connectivity index (χ0) is 13.7. The van der Waals surface area contributed by atoms with Crippen molar-refractivity contribution in [2.24, 2.45) is 0 Å². The number of Topliss-reactive ketones (excluding diaryl/α,β-unsaturated/α-hetero) is 1. The fourth-order valence-electron chi connectivity index (χ4n) is 1.63. The van der Waals surface area contributed by atoms with Crippen LogP contribution in [0.1, 0.15) is 15.9 Å². The largest absolute Gasteiger partial charge is 0.489 e. The van der Waals surface area contributed by atoms with Crippen molar-refractivity contribution in [1.29, 1.82) is 0 Å². The smallest absolute Gasteiger partial charge is 0.173 e. The molecule has 2 aromatic rings. The minimum Gasteiger partial charge on any atom is -0.489 e. The molecule has 0 aliphatic carbocycles. The lowest BCUT2D eigenvalue weighted by Gasteiger charge is -2.08. The van der Waals surface area contributed by atoms with Crippen LogP contribution >= 0.6 is 31.9 Å². The average molecular weight is 384 g/mol. The van der Waals surface area contributed by atoms with Crippen molar-refractivity contribution in [3.8, 4) is 5.75 Å². The van der Waals surface area contributed by atoms with E-state index in [1.807, 2.05) is 36.4 Å². The summed E-state index contributed by atoms with van der Waals surface area (Å²) in [5.41, 5.74) is 1.73. The molecule has 0 atom stereocenters. The molecule has 4 heteroatoms. The van der Waals surface area contributed by atoms with Gasteiger partial charge in [0.2, 0.25) is 0 Å².